The molecule has 0 spiro atoms. The number of fused-ring (bicyclic) bond motifs is 5. The molecule has 0 N–H and O–H groups in total. The van der Waals surface area contributed by atoms with Gasteiger partial charge >= 0.3 is 5.97 Å². The molecule has 2 aromatic rings. The molecule has 1 aliphatic carbocycles. The molecule has 1 fully saturated rings. The standard InChI is InChI=1S/C22H25NO2/c1-15-4-3-5-16(12-15)17-6-7-19-18-8-10-23(11-9-22(24)25-2)21(14-18)20(19)13-17/h3-7,12-13,18,21H,8-11,14H2,1-2H3/t18-,21?/m1/s1. The van der Waals surface area contributed by atoms with Crippen LogP contribution in [0.4, 0.5) is 0 Å². The SMILES string of the molecule is COC(=O)CCN1CC[C@@H]2CC1c1cc(-c3cccc(C)c3)ccc12. The van der Waals surface area contributed by atoms with Gasteiger partial charge in [-0.2, -0.15) is 0 Å². The molecule has 0 radical (unpaired) electrons. The number of hydrogen-bond donors (Lipinski definition) is 0. The van der Waals surface area contributed by atoms with Gasteiger partial charge in [0.1, 0.15) is 0 Å². The summed E-state index contributed by atoms with van der Waals surface area (Å²) in [5.41, 5.74) is 6.85. The lowest BCUT2D eigenvalue weighted by molar-refractivity contribution is -0.141. The molecule has 4 rings (SSSR count). The Balaban J connectivity index is 1.62. The lowest BCUT2D eigenvalue weighted by Gasteiger charge is -2.33. The molecule has 2 bridgehead atoms. The monoisotopic (exact) mass is 335 g/mol. The molecule has 0 saturated carbocycles. The van der Waals surface area contributed by atoms with Crippen LogP contribution in [-0.4, -0.2) is 31.1 Å². The Morgan fingerprint density at radius 3 is 2.80 bits per heavy atom. The van der Waals surface area contributed by atoms with Crippen LogP contribution in [0.1, 0.15) is 47.9 Å². The largest absolute Gasteiger partial charge is 0.469 e. The van der Waals surface area contributed by atoms with Crippen molar-refractivity contribution < 1.29 is 9.53 Å². The van der Waals surface area contributed by atoms with Crippen LogP contribution in [0.5, 0.6) is 0 Å². The smallest absolute Gasteiger partial charge is 0.306 e. The number of piperidine rings is 1. The van der Waals surface area contributed by atoms with Crippen molar-refractivity contribution in [2.24, 2.45) is 0 Å². The summed E-state index contributed by atoms with van der Waals surface area (Å²) in [5.74, 6) is 0.565. The summed E-state index contributed by atoms with van der Waals surface area (Å²) in [4.78, 5) is 14.0. The number of esters is 1. The van der Waals surface area contributed by atoms with Gasteiger partial charge in [0.05, 0.1) is 13.5 Å². The highest BCUT2D eigenvalue weighted by molar-refractivity contribution is 5.69. The third-order valence-corrected chi connectivity index (χ3v) is 5.78. The number of methoxy groups -OCH3 is 1. The quantitative estimate of drug-likeness (QED) is 0.773. The average molecular weight is 335 g/mol. The maximum Gasteiger partial charge on any atom is 0.306 e. The maximum atomic E-state index is 11.5. The van der Waals surface area contributed by atoms with Crippen LogP contribution < -0.4 is 0 Å². The van der Waals surface area contributed by atoms with E-state index in [0.29, 0.717) is 18.4 Å². The average Bonchev–Trinajstić information content (AvgIpc) is 2.93. The molecule has 2 atom stereocenters. The summed E-state index contributed by atoms with van der Waals surface area (Å²) < 4.78 is 4.81. The Kier molecular flexibility index (Phi) is 4.34. The predicted octanol–water partition coefficient (Wildman–Crippen LogP) is 4.46. The van der Waals surface area contributed by atoms with Crippen LogP contribution >= 0.6 is 0 Å². The first-order chi connectivity index (χ1) is 12.2. The van der Waals surface area contributed by atoms with Crippen molar-refractivity contribution in [1.82, 2.24) is 4.90 Å². The molecule has 130 valence electrons. The summed E-state index contributed by atoms with van der Waals surface area (Å²) in [6.45, 7) is 4.00. The minimum atomic E-state index is -0.117. The number of ether oxygens (including phenoxy) is 1. The Hall–Kier alpha value is -2.13. The molecular formula is C22H25NO2. The lowest BCUT2D eigenvalue weighted by Crippen LogP contribution is -2.34. The van der Waals surface area contributed by atoms with Crippen molar-refractivity contribution >= 4 is 5.97 Å². The molecule has 2 aromatic carbocycles. The van der Waals surface area contributed by atoms with Crippen molar-refractivity contribution in [2.75, 3.05) is 20.2 Å². The maximum absolute atomic E-state index is 11.5. The van der Waals surface area contributed by atoms with Gasteiger partial charge < -0.3 is 4.74 Å². The van der Waals surface area contributed by atoms with E-state index >= 15 is 0 Å². The predicted molar refractivity (Wildman–Crippen MR) is 99.5 cm³/mol. The van der Waals surface area contributed by atoms with E-state index in [1.165, 1.54) is 47.8 Å². The highest BCUT2D eigenvalue weighted by atomic mass is 16.5. The Morgan fingerprint density at radius 1 is 1.16 bits per heavy atom. The van der Waals surface area contributed by atoms with Crippen molar-refractivity contribution in [2.45, 2.75) is 38.1 Å². The molecule has 1 heterocycles. The highest BCUT2D eigenvalue weighted by Crippen LogP contribution is 2.49. The number of carbonyl (C=O) groups excluding carboxylic acids is 1. The first-order valence-corrected chi connectivity index (χ1v) is 9.17. The van der Waals surface area contributed by atoms with E-state index in [9.17, 15) is 4.79 Å². The molecule has 0 amide bonds. The van der Waals surface area contributed by atoms with Gasteiger partial charge in [0.15, 0.2) is 0 Å². The molecular weight excluding hydrogens is 310 g/mol. The van der Waals surface area contributed by atoms with Gasteiger partial charge in [-0.1, -0.05) is 42.0 Å². The van der Waals surface area contributed by atoms with Crippen LogP contribution in [0.2, 0.25) is 0 Å². The third kappa shape index (κ3) is 3.09. The fraction of sp³-hybridized carbons (Fsp3) is 0.409. The van der Waals surface area contributed by atoms with E-state index in [1.807, 2.05) is 0 Å². The van der Waals surface area contributed by atoms with Crippen LogP contribution in [-0.2, 0) is 9.53 Å². The van der Waals surface area contributed by atoms with Crippen molar-refractivity contribution in [3.63, 3.8) is 0 Å². The zero-order chi connectivity index (χ0) is 17.4. The van der Waals surface area contributed by atoms with E-state index in [0.717, 1.165) is 13.1 Å². The lowest BCUT2D eigenvalue weighted by atomic mass is 9.94. The first kappa shape index (κ1) is 16.3. The second-order valence-corrected chi connectivity index (χ2v) is 7.31. The molecule has 3 heteroatoms. The number of likely N-dealkylation sites (tertiary alicyclic amines) is 1. The third-order valence-electron chi connectivity index (χ3n) is 5.78. The topological polar surface area (TPSA) is 29.5 Å². The molecule has 0 aromatic heterocycles. The molecule has 1 unspecified atom stereocenters. The van der Waals surface area contributed by atoms with Gasteiger partial charge in [-0.25, -0.2) is 0 Å². The van der Waals surface area contributed by atoms with E-state index in [1.54, 1.807) is 0 Å². The van der Waals surface area contributed by atoms with Crippen molar-refractivity contribution in [3.8, 4) is 11.1 Å². The van der Waals surface area contributed by atoms with Gasteiger partial charge in [0.25, 0.3) is 0 Å². The minimum absolute atomic E-state index is 0.117. The van der Waals surface area contributed by atoms with Crippen LogP contribution in [0.3, 0.4) is 0 Å². The first-order valence-electron chi connectivity index (χ1n) is 9.17. The van der Waals surface area contributed by atoms with Crippen molar-refractivity contribution in [1.29, 1.82) is 0 Å². The number of rotatable bonds is 4. The number of carbonyl (C=O) groups is 1. The molecule has 1 aliphatic heterocycles. The zero-order valence-electron chi connectivity index (χ0n) is 15.0. The number of nitrogens with zero attached hydrogens (tertiary/aromatic N) is 1. The van der Waals surface area contributed by atoms with E-state index in [4.69, 9.17) is 4.74 Å². The summed E-state index contributed by atoms with van der Waals surface area (Å²) in [6, 6.07) is 16.1. The van der Waals surface area contributed by atoms with Crippen LogP contribution in [0, 0.1) is 6.92 Å². The van der Waals surface area contributed by atoms with E-state index in [2.05, 4.69) is 54.3 Å². The zero-order valence-corrected chi connectivity index (χ0v) is 15.0. The number of aryl methyl sites for hydroxylation is 1. The van der Waals surface area contributed by atoms with Crippen LogP contribution in [0.25, 0.3) is 11.1 Å². The van der Waals surface area contributed by atoms with E-state index < -0.39 is 0 Å². The van der Waals surface area contributed by atoms with Gasteiger partial charge in [-0.05, 0) is 60.5 Å². The van der Waals surface area contributed by atoms with Gasteiger partial charge in [0.2, 0.25) is 0 Å². The molecule has 1 saturated heterocycles. The Morgan fingerprint density at radius 2 is 2.00 bits per heavy atom. The summed E-state index contributed by atoms with van der Waals surface area (Å²) in [7, 11) is 1.47. The van der Waals surface area contributed by atoms with Gasteiger partial charge in [0, 0.05) is 12.6 Å². The van der Waals surface area contributed by atoms with Gasteiger partial charge in [-0.15, -0.1) is 0 Å². The second-order valence-electron chi connectivity index (χ2n) is 7.31. The number of benzene rings is 2. The molecule has 3 nitrogen and oxygen atoms in total. The summed E-state index contributed by atoms with van der Waals surface area (Å²) >= 11 is 0. The van der Waals surface area contributed by atoms with Gasteiger partial charge in [-0.3, -0.25) is 9.69 Å². The summed E-state index contributed by atoms with van der Waals surface area (Å²) in [6.07, 6.45) is 2.85. The minimum Gasteiger partial charge on any atom is -0.469 e. The fourth-order valence-corrected chi connectivity index (χ4v) is 4.46. The Labute approximate surface area is 149 Å². The normalized spacial score (nSPS) is 21.8. The fourth-order valence-electron chi connectivity index (χ4n) is 4.46. The van der Waals surface area contributed by atoms with Crippen molar-refractivity contribution in [3.05, 3.63) is 59.2 Å². The highest BCUT2D eigenvalue weighted by Gasteiger charge is 2.38. The number of hydrogen-bond acceptors (Lipinski definition) is 3. The van der Waals surface area contributed by atoms with E-state index in [-0.39, 0.29) is 5.97 Å². The second kappa shape index (κ2) is 6.64. The van der Waals surface area contributed by atoms with Crippen LogP contribution in [0.15, 0.2) is 42.5 Å². The molecule has 25 heavy (non-hydrogen) atoms. The Bertz CT molecular complexity index is 798. The molecule has 2 aliphatic rings. The summed E-state index contributed by atoms with van der Waals surface area (Å²) in [5, 5.41) is 0.